The molecule has 2 aromatic carbocycles. The molecule has 3 N–H and O–H groups in total. The average Bonchev–Trinajstić information content (AvgIpc) is 3.12. The molecule has 0 saturated heterocycles. The summed E-state index contributed by atoms with van der Waals surface area (Å²) in [5, 5.41) is 8.70. The summed E-state index contributed by atoms with van der Waals surface area (Å²) < 4.78 is 10.5. The quantitative estimate of drug-likeness (QED) is 0.636. The van der Waals surface area contributed by atoms with E-state index < -0.39 is 5.91 Å². The molecular weight excluding hydrogens is 402 g/mol. The number of carbonyl (C=O) groups excluding carboxylic acids is 2. The third-order valence-corrected chi connectivity index (χ3v) is 4.37. The first-order valence-corrected chi connectivity index (χ1v) is 9.36. The van der Waals surface area contributed by atoms with Crippen LogP contribution < -0.4 is 25.4 Å². The fourth-order valence-electron chi connectivity index (χ4n) is 2.52. The molecule has 0 atom stereocenters. The van der Waals surface area contributed by atoms with Gasteiger partial charge in [-0.05, 0) is 55.0 Å². The van der Waals surface area contributed by atoms with Crippen LogP contribution in [0, 0.1) is 0 Å². The van der Waals surface area contributed by atoms with Crippen molar-refractivity contribution in [1.29, 1.82) is 0 Å². The lowest BCUT2D eigenvalue weighted by atomic mass is 10.2. The van der Waals surface area contributed by atoms with Gasteiger partial charge in [-0.25, -0.2) is 0 Å². The Bertz CT molecular complexity index is 935. The molecule has 146 valence electrons. The average molecular weight is 420 g/mol. The summed E-state index contributed by atoms with van der Waals surface area (Å²) in [7, 11) is 0. The number of rotatable bonds is 5. The normalized spacial score (nSPS) is 11.6. The predicted octanol–water partition coefficient (Wildman–Crippen LogP) is 3.93. The maximum Gasteiger partial charge on any atom is 0.257 e. The van der Waals surface area contributed by atoms with Crippen molar-refractivity contribution in [2.45, 2.75) is 19.8 Å². The number of hydrogen-bond donors (Lipinski definition) is 3. The first kappa shape index (κ1) is 19.9. The lowest BCUT2D eigenvalue weighted by Crippen LogP contribution is -2.34. The van der Waals surface area contributed by atoms with Gasteiger partial charge in [0.15, 0.2) is 16.6 Å². The number of amides is 2. The van der Waals surface area contributed by atoms with Gasteiger partial charge in [0.25, 0.3) is 5.91 Å². The van der Waals surface area contributed by atoms with Gasteiger partial charge in [-0.2, -0.15) is 0 Å². The Hall–Kier alpha value is -2.84. The van der Waals surface area contributed by atoms with Gasteiger partial charge in [0.05, 0.1) is 10.7 Å². The Morgan fingerprint density at radius 3 is 2.68 bits per heavy atom. The fourth-order valence-corrected chi connectivity index (χ4v) is 2.88. The van der Waals surface area contributed by atoms with E-state index in [1.165, 1.54) is 0 Å². The molecule has 0 radical (unpaired) electrons. The Kier molecular flexibility index (Phi) is 6.33. The number of carbonyl (C=O) groups is 2. The lowest BCUT2D eigenvalue weighted by molar-refractivity contribution is -0.116. The first-order chi connectivity index (χ1) is 13.5. The largest absolute Gasteiger partial charge is 0.454 e. The molecular formula is C19H18ClN3O4S. The SMILES string of the molecule is CCCC(=O)Nc1ccc(Cl)c(NC(=S)NC(=O)c2ccc3c(c2)OCO3)c1. The first-order valence-electron chi connectivity index (χ1n) is 8.57. The molecule has 0 unspecified atom stereocenters. The van der Waals surface area contributed by atoms with E-state index in [1.54, 1.807) is 36.4 Å². The molecule has 0 saturated carbocycles. The van der Waals surface area contributed by atoms with Gasteiger partial charge in [-0.1, -0.05) is 18.5 Å². The minimum atomic E-state index is -0.403. The highest BCUT2D eigenvalue weighted by atomic mass is 35.5. The van der Waals surface area contributed by atoms with Crippen molar-refractivity contribution in [2.75, 3.05) is 17.4 Å². The van der Waals surface area contributed by atoms with Gasteiger partial charge < -0.3 is 20.1 Å². The highest BCUT2D eigenvalue weighted by molar-refractivity contribution is 7.80. The summed E-state index contributed by atoms with van der Waals surface area (Å²) in [6, 6.07) is 9.82. The summed E-state index contributed by atoms with van der Waals surface area (Å²) in [4.78, 5) is 24.1. The number of ether oxygens (including phenoxy) is 2. The van der Waals surface area contributed by atoms with Crippen LogP contribution in [0.4, 0.5) is 11.4 Å². The molecule has 2 aromatic rings. The number of anilines is 2. The van der Waals surface area contributed by atoms with Crippen LogP contribution in [0.5, 0.6) is 11.5 Å². The third-order valence-electron chi connectivity index (χ3n) is 3.84. The zero-order chi connectivity index (χ0) is 20.1. The van der Waals surface area contributed by atoms with Crippen LogP contribution in [-0.4, -0.2) is 23.7 Å². The summed E-state index contributed by atoms with van der Waals surface area (Å²) in [5.41, 5.74) is 1.42. The summed E-state index contributed by atoms with van der Waals surface area (Å²) in [6.07, 6.45) is 1.18. The minimum absolute atomic E-state index is 0.0709. The zero-order valence-corrected chi connectivity index (χ0v) is 16.6. The second kappa shape index (κ2) is 8.90. The number of fused-ring (bicyclic) bond motifs is 1. The van der Waals surface area contributed by atoms with E-state index in [0.29, 0.717) is 39.9 Å². The molecule has 1 heterocycles. The van der Waals surface area contributed by atoms with Crippen LogP contribution >= 0.6 is 23.8 Å². The van der Waals surface area contributed by atoms with Crippen LogP contribution in [0.3, 0.4) is 0 Å². The van der Waals surface area contributed by atoms with E-state index in [0.717, 1.165) is 6.42 Å². The standard InChI is InChI=1S/C19H18ClN3O4S/c1-2-3-17(24)21-12-5-6-13(20)14(9-12)22-19(28)23-18(25)11-4-7-15-16(8-11)27-10-26-15/h4-9H,2-3,10H2,1H3,(H,21,24)(H2,22,23,25,28). The maximum atomic E-state index is 12.4. The molecule has 28 heavy (non-hydrogen) atoms. The lowest BCUT2D eigenvalue weighted by Gasteiger charge is -2.13. The maximum absolute atomic E-state index is 12.4. The predicted molar refractivity (Wildman–Crippen MR) is 111 cm³/mol. The molecule has 9 heteroatoms. The summed E-state index contributed by atoms with van der Waals surface area (Å²) in [6.45, 7) is 2.06. The molecule has 0 aromatic heterocycles. The van der Waals surface area contributed by atoms with Gasteiger partial charge in [0, 0.05) is 17.7 Å². The summed E-state index contributed by atoms with van der Waals surface area (Å²) >= 11 is 11.4. The van der Waals surface area contributed by atoms with Gasteiger partial charge >= 0.3 is 0 Å². The highest BCUT2D eigenvalue weighted by Gasteiger charge is 2.17. The van der Waals surface area contributed by atoms with Crippen LogP contribution in [0.25, 0.3) is 0 Å². The molecule has 1 aliphatic rings. The Balaban J connectivity index is 1.64. The number of halogens is 1. The molecule has 7 nitrogen and oxygen atoms in total. The van der Waals surface area contributed by atoms with Crippen molar-refractivity contribution < 1.29 is 19.1 Å². The van der Waals surface area contributed by atoms with Crippen molar-refractivity contribution >= 4 is 52.1 Å². The Morgan fingerprint density at radius 1 is 1.11 bits per heavy atom. The number of thiocarbonyl (C=S) groups is 1. The van der Waals surface area contributed by atoms with E-state index in [1.807, 2.05) is 6.92 Å². The number of nitrogens with one attached hydrogen (secondary N) is 3. The summed E-state index contributed by atoms with van der Waals surface area (Å²) in [5.74, 6) is 0.602. The Labute approximate surface area is 172 Å². The molecule has 0 fully saturated rings. The molecule has 0 aliphatic carbocycles. The van der Waals surface area contributed by atoms with E-state index in [4.69, 9.17) is 33.3 Å². The topological polar surface area (TPSA) is 88.7 Å². The van der Waals surface area contributed by atoms with Crippen molar-refractivity contribution in [1.82, 2.24) is 5.32 Å². The van der Waals surface area contributed by atoms with E-state index in [9.17, 15) is 9.59 Å². The van der Waals surface area contributed by atoms with Gasteiger partial charge in [0.1, 0.15) is 0 Å². The molecule has 0 spiro atoms. The second-order valence-electron chi connectivity index (χ2n) is 5.97. The van der Waals surface area contributed by atoms with Gasteiger partial charge in [-0.15, -0.1) is 0 Å². The Morgan fingerprint density at radius 2 is 1.89 bits per heavy atom. The zero-order valence-electron chi connectivity index (χ0n) is 15.0. The minimum Gasteiger partial charge on any atom is -0.454 e. The highest BCUT2D eigenvalue weighted by Crippen LogP contribution is 2.32. The van der Waals surface area contributed by atoms with Crippen molar-refractivity contribution in [3.8, 4) is 11.5 Å². The molecule has 0 bridgehead atoms. The molecule has 1 aliphatic heterocycles. The van der Waals surface area contributed by atoms with Crippen LogP contribution in [0.2, 0.25) is 5.02 Å². The van der Waals surface area contributed by atoms with Crippen LogP contribution in [0.15, 0.2) is 36.4 Å². The smallest absolute Gasteiger partial charge is 0.257 e. The van der Waals surface area contributed by atoms with Crippen molar-refractivity contribution in [2.24, 2.45) is 0 Å². The molecule has 3 rings (SSSR count). The van der Waals surface area contributed by atoms with Gasteiger partial charge in [-0.3, -0.25) is 14.9 Å². The van der Waals surface area contributed by atoms with Gasteiger partial charge in [0.2, 0.25) is 12.7 Å². The van der Waals surface area contributed by atoms with Crippen molar-refractivity contribution in [3.63, 3.8) is 0 Å². The van der Waals surface area contributed by atoms with Crippen molar-refractivity contribution in [3.05, 3.63) is 47.0 Å². The number of hydrogen-bond acceptors (Lipinski definition) is 5. The van der Waals surface area contributed by atoms with E-state index >= 15 is 0 Å². The van der Waals surface area contributed by atoms with E-state index in [2.05, 4.69) is 16.0 Å². The van der Waals surface area contributed by atoms with Crippen LogP contribution in [-0.2, 0) is 4.79 Å². The monoisotopic (exact) mass is 419 g/mol. The van der Waals surface area contributed by atoms with E-state index in [-0.39, 0.29) is 17.8 Å². The third kappa shape index (κ3) is 4.90. The number of benzene rings is 2. The van der Waals surface area contributed by atoms with Crippen LogP contribution in [0.1, 0.15) is 30.1 Å². The second-order valence-corrected chi connectivity index (χ2v) is 6.78. The molecule has 2 amide bonds. The fraction of sp³-hybridized carbons (Fsp3) is 0.211.